The van der Waals surface area contributed by atoms with Gasteiger partial charge in [0.15, 0.2) is 11.5 Å². The Kier molecular flexibility index (Phi) is 2.89. The number of hydrogen-bond acceptors (Lipinski definition) is 4. The molecule has 0 bridgehead atoms. The molecule has 0 radical (unpaired) electrons. The van der Waals surface area contributed by atoms with Crippen molar-refractivity contribution >= 4 is 41.3 Å². The Labute approximate surface area is 95.2 Å². The molecule has 0 aromatic carbocycles. The molecule has 0 unspecified atom stereocenters. The number of aromatic nitrogens is 4. The molecular formula is C5H4ClN4NaO. The van der Waals surface area contributed by atoms with Gasteiger partial charge in [0, 0.05) is 11.8 Å². The van der Waals surface area contributed by atoms with Crippen LogP contribution in [0.15, 0.2) is 12.7 Å². The molecule has 5 nitrogen and oxygen atoms in total. The molecule has 1 N–H and O–H groups in total. The molecule has 12 heavy (non-hydrogen) atoms. The van der Waals surface area contributed by atoms with Crippen LogP contribution in [0.4, 0.5) is 0 Å². The van der Waals surface area contributed by atoms with Crippen molar-refractivity contribution in [3.63, 3.8) is 0 Å². The van der Waals surface area contributed by atoms with Crippen molar-refractivity contribution in [2.75, 3.05) is 0 Å². The van der Waals surface area contributed by atoms with Crippen LogP contribution in [0.5, 0.6) is 5.88 Å². The molecule has 58 valence electrons. The van der Waals surface area contributed by atoms with Crippen molar-refractivity contribution in [3.05, 3.63) is 12.7 Å². The third-order valence-electron chi connectivity index (χ3n) is 1.27. The second kappa shape index (κ2) is 3.57. The van der Waals surface area contributed by atoms with Crippen LogP contribution in [0.1, 0.15) is 0 Å². The van der Waals surface area contributed by atoms with Gasteiger partial charge in [0.25, 0.3) is 0 Å². The standard InChI is InChI=1S/C5H3ClN4O.Na.H/c6-10-2-9-5(11)3-4(10)8-1-7-3;;/h1-2,11H;;. The van der Waals surface area contributed by atoms with E-state index in [1.165, 1.54) is 16.7 Å². The number of hydrogen-bond donors (Lipinski definition) is 1. The fourth-order valence-corrected chi connectivity index (χ4v) is 0.963. The summed E-state index contributed by atoms with van der Waals surface area (Å²) in [6.07, 6.45) is 2.57. The molecule has 0 atom stereocenters. The number of fused-ring (bicyclic) bond motifs is 1. The normalized spacial score (nSPS) is 9.75. The molecule has 0 amide bonds. The van der Waals surface area contributed by atoms with Gasteiger partial charge in [-0.2, -0.15) is 0 Å². The van der Waals surface area contributed by atoms with Crippen LogP contribution < -0.4 is 0 Å². The van der Waals surface area contributed by atoms with Crippen molar-refractivity contribution in [2.24, 2.45) is 0 Å². The minimum absolute atomic E-state index is 0. The van der Waals surface area contributed by atoms with Crippen LogP contribution >= 0.6 is 11.8 Å². The van der Waals surface area contributed by atoms with E-state index in [0.29, 0.717) is 11.5 Å². The predicted octanol–water partition coefficient (Wildman–Crippen LogP) is -0.163. The first-order chi connectivity index (χ1) is 5.29. The Balaban J connectivity index is 0.000000720. The van der Waals surface area contributed by atoms with E-state index in [2.05, 4.69) is 15.0 Å². The second-order valence-electron chi connectivity index (χ2n) is 1.93. The third-order valence-corrected chi connectivity index (χ3v) is 1.52. The van der Waals surface area contributed by atoms with Crippen LogP contribution in [0.3, 0.4) is 0 Å². The molecule has 0 aliphatic carbocycles. The van der Waals surface area contributed by atoms with Gasteiger partial charge in [0.2, 0.25) is 5.88 Å². The second-order valence-corrected chi connectivity index (χ2v) is 2.29. The van der Waals surface area contributed by atoms with Crippen molar-refractivity contribution < 1.29 is 5.11 Å². The van der Waals surface area contributed by atoms with Crippen LogP contribution in [0.25, 0.3) is 11.5 Å². The molecule has 2 rings (SSSR count). The van der Waals surface area contributed by atoms with Gasteiger partial charge in [0.05, 0.1) is 0 Å². The van der Waals surface area contributed by atoms with E-state index < -0.39 is 0 Å². The molecule has 0 saturated heterocycles. The zero-order valence-electron chi connectivity index (χ0n) is 5.27. The minimum atomic E-state index is -0.158. The van der Waals surface area contributed by atoms with Gasteiger partial charge in [-0.3, -0.25) is 0 Å². The Morgan fingerprint density at radius 3 is 2.75 bits per heavy atom. The Morgan fingerprint density at radius 1 is 1.33 bits per heavy atom. The predicted molar refractivity (Wildman–Crippen MR) is 44.5 cm³/mol. The summed E-state index contributed by atoms with van der Waals surface area (Å²) < 4.78 is 1.17. The number of nitrogens with zero attached hydrogens (tertiary/aromatic N) is 4. The number of halogens is 1. The van der Waals surface area contributed by atoms with Gasteiger partial charge in [-0.05, 0) is 0 Å². The van der Waals surface area contributed by atoms with E-state index in [9.17, 15) is 0 Å². The summed E-state index contributed by atoms with van der Waals surface area (Å²) in [5.41, 5.74) is 0.308. The fraction of sp³-hybridized carbons (Fsp3) is 0. The molecule has 0 fully saturated rings. The van der Waals surface area contributed by atoms with E-state index in [-0.39, 0.29) is 35.4 Å². The first-order valence-corrected chi connectivity index (χ1v) is 3.16. The van der Waals surface area contributed by atoms with Gasteiger partial charge in [0.1, 0.15) is 12.7 Å². The Morgan fingerprint density at radius 2 is 2.08 bits per heavy atom. The van der Waals surface area contributed by atoms with Gasteiger partial charge in [-0.25, -0.2) is 19.0 Å². The Hall–Kier alpha value is -0.360. The van der Waals surface area contributed by atoms with E-state index in [4.69, 9.17) is 16.9 Å². The summed E-state index contributed by atoms with van der Waals surface area (Å²) in [5, 5.41) is 9.10. The van der Waals surface area contributed by atoms with Gasteiger partial charge in [-0.1, -0.05) is 0 Å². The van der Waals surface area contributed by atoms with Crippen LogP contribution in [-0.4, -0.2) is 53.7 Å². The van der Waals surface area contributed by atoms with Crippen LogP contribution in [0.2, 0.25) is 0 Å². The number of aromatic hydroxyl groups is 1. The van der Waals surface area contributed by atoms with Crippen LogP contribution in [0, 0.1) is 0 Å². The molecule has 2 aliphatic heterocycles. The van der Waals surface area contributed by atoms with Crippen molar-refractivity contribution in [1.29, 1.82) is 0 Å². The van der Waals surface area contributed by atoms with Crippen LogP contribution in [-0.2, 0) is 0 Å². The topological polar surface area (TPSA) is 63.8 Å². The molecular weight excluding hydrogens is 191 g/mol. The maximum atomic E-state index is 9.10. The summed E-state index contributed by atoms with van der Waals surface area (Å²) in [5.74, 6) is 0.244. The maximum absolute atomic E-state index is 9.10. The fourth-order valence-electron chi connectivity index (χ4n) is 0.795. The van der Waals surface area contributed by atoms with Crippen molar-refractivity contribution in [1.82, 2.24) is 19.0 Å². The Bertz CT molecular complexity index is 332. The molecule has 2 heterocycles. The summed E-state index contributed by atoms with van der Waals surface area (Å²) in [4.78, 5) is 11.1. The SMILES string of the molecule is Oc1ncn(Cl)c2ncnc1-2.[NaH]. The monoisotopic (exact) mass is 194 g/mol. The molecule has 2 aliphatic rings. The quantitative estimate of drug-likeness (QED) is 0.592. The number of imidazole rings is 1. The summed E-state index contributed by atoms with van der Waals surface area (Å²) in [6.45, 7) is 0. The molecule has 0 spiro atoms. The summed E-state index contributed by atoms with van der Waals surface area (Å²) in [6, 6.07) is 0. The van der Waals surface area contributed by atoms with Crippen molar-refractivity contribution in [3.8, 4) is 17.4 Å². The van der Waals surface area contributed by atoms with E-state index in [1.807, 2.05) is 0 Å². The van der Waals surface area contributed by atoms with E-state index in [0.717, 1.165) is 0 Å². The third kappa shape index (κ3) is 1.40. The first kappa shape index (κ1) is 9.73. The zero-order chi connectivity index (χ0) is 7.84. The van der Waals surface area contributed by atoms with Gasteiger partial charge >= 0.3 is 29.6 Å². The van der Waals surface area contributed by atoms with Gasteiger partial charge in [-0.15, -0.1) is 0 Å². The van der Waals surface area contributed by atoms with E-state index in [1.54, 1.807) is 0 Å². The van der Waals surface area contributed by atoms with Gasteiger partial charge < -0.3 is 5.11 Å². The zero-order valence-corrected chi connectivity index (χ0v) is 6.02. The molecule has 7 heteroatoms. The summed E-state index contributed by atoms with van der Waals surface area (Å²) in [7, 11) is 0. The summed E-state index contributed by atoms with van der Waals surface area (Å²) >= 11 is 5.61. The van der Waals surface area contributed by atoms with Crippen molar-refractivity contribution in [2.45, 2.75) is 0 Å². The first-order valence-electron chi connectivity index (χ1n) is 2.82. The molecule has 0 aromatic heterocycles. The molecule has 0 aromatic rings. The number of rotatable bonds is 0. The van der Waals surface area contributed by atoms with E-state index >= 15 is 0 Å². The average molecular weight is 195 g/mol. The average Bonchev–Trinajstić information content (AvgIpc) is 2.45. The molecule has 0 saturated carbocycles.